The standard InChI is InChI=1S/C23H31N3O3/c1-4-25(5-2)16-20-10-8-7-9-19(20)14-24-23(27)26(6-3)15-18-11-12-21-22(13-18)29-17-28-21/h7-13H,4-6,14-17H2,1-3H3,(H,24,27). The number of ether oxygens (including phenoxy) is 2. The van der Waals surface area contributed by atoms with Crippen LogP contribution in [0.5, 0.6) is 11.5 Å². The topological polar surface area (TPSA) is 54.0 Å². The van der Waals surface area contributed by atoms with Crippen LogP contribution in [-0.2, 0) is 19.6 Å². The molecule has 1 aliphatic rings. The molecule has 2 amide bonds. The number of benzene rings is 2. The normalized spacial score (nSPS) is 12.3. The van der Waals surface area contributed by atoms with Crippen LogP contribution >= 0.6 is 0 Å². The molecule has 0 saturated heterocycles. The van der Waals surface area contributed by atoms with Crippen LogP contribution in [-0.4, -0.2) is 42.3 Å². The highest BCUT2D eigenvalue weighted by atomic mass is 16.7. The molecule has 0 bridgehead atoms. The van der Waals surface area contributed by atoms with Gasteiger partial charge in [0.1, 0.15) is 0 Å². The number of carbonyl (C=O) groups is 1. The van der Waals surface area contributed by atoms with E-state index >= 15 is 0 Å². The van der Waals surface area contributed by atoms with Gasteiger partial charge in [-0.05, 0) is 48.8 Å². The summed E-state index contributed by atoms with van der Waals surface area (Å²) in [6.45, 7) is 11.2. The Morgan fingerprint density at radius 1 is 0.931 bits per heavy atom. The van der Waals surface area contributed by atoms with Crippen molar-refractivity contribution in [3.8, 4) is 11.5 Å². The van der Waals surface area contributed by atoms with Crippen molar-refractivity contribution in [2.24, 2.45) is 0 Å². The van der Waals surface area contributed by atoms with E-state index in [1.807, 2.05) is 31.2 Å². The van der Waals surface area contributed by atoms with E-state index in [9.17, 15) is 4.79 Å². The molecule has 0 atom stereocenters. The van der Waals surface area contributed by atoms with Crippen LogP contribution in [0.4, 0.5) is 4.79 Å². The molecule has 6 nitrogen and oxygen atoms in total. The number of hydrogen-bond acceptors (Lipinski definition) is 4. The van der Waals surface area contributed by atoms with E-state index in [1.165, 1.54) is 5.56 Å². The van der Waals surface area contributed by atoms with Crippen LogP contribution in [0.25, 0.3) is 0 Å². The zero-order chi connectivity index (χ0) is 20.6. The van der Waals surface area contributed by atoms with Crippen LogP contribution in [0.1, 0.15) is 37.5 Å². The Bertz CT molecular complexity index is 821. The summed E-state index contributed by atoms with van der Waals surface area (Å²) >= 11 is 0. The Labute approximate surface area is 173 Å². The molecule has 0 saturated carbocycles. The van der Waals surface area contributed by atoms with Crippen molar-refractivity contribution in [3.63, 3.8) is 0 Å². The van der Waals surface area contributed by atoms with Gasteiger partial charge in [0, 0.05) is 26.2 Å². The molecular weight excluding hydrogens is 366 g/mol. The monoisotopic (exact) mass is 397 g/mol. The van der Waals surface area contributed by atoms with E-state index in [4.69, 9.17) is 9.47 Å². The Morgan fingerprint density at radius 2 is 1.66 bits per heavy atom. The summed E-state index contributed by atoms with van der Waals surface area (Å²) in [7, 11) is 0. The Hall–Kier alpha value is -2.73. The predicted molar refractivity (Wildman–Crippen MR) is 114 cm³/mol. The summed E-state index contributed by atoms with van der Waals surface area (Å²) in [5, 5.41) is 3.08. The van der Waals surface area contributed by atoms with Crippen molar-refractivity contribution in [2.45, 2.75) is 40.4 Å². The first-order chi connectivity index (χ1) is 14.1. The maximum Gasteiger partial charge on any atom is 0.317 e. The molecule has 0 fully saturated rings. The molecule has 156 valence electrons. The molecule has 6 heteroatoms. The first-order valence-corrected chi connectivity index (χ1v) is 10.3. The lowest BCUT2D eigenvalue weighted by Gasteiger charge is -2.23. The summed E-state index contributed by atoms with van der Waals surface area (Å²) in [6, 6.07) is 14.1. The van der Waals surface area contributed by atoms with Gasteiger partial charge in [0.25, 0.3) is 0 Å². The third kappa shape index (κ3) is 5.41. The SMILES string of the molecule is CCN(CC)Cc1ccccc1CNC(=O)N(CC)Cc1ccc2c(c1)OCO2. The first kappa shape index (κ1) is 21.0. The van der Waals surface area contributed by atoms with Crippen LogP contribution in [0.15, 0.2) is 42.5 Å². The van der Waals surface area contributed by atoms with Gasteiger partial charge in [-0.15, -0.1) is 0 Å². The Kier molecular flexibility index (Phi) is 7.36. The fraction of sp³-hybridized carbons (Fsp3) is 0.435. The lowest BCUT2D eigenvalue weighted by atomic mass is 10.1. The fourth-order valence-electron chi connectivity index (χ4n) is 3.44. The van der Waals surface area contributed by atoms with E-state index in [0.717, 1.165) is 42.3 Å². The van der Waals surface area contributed by atoms with Crippen molar-refractivity contribution in [1.29, 1.82) is 0 Å². The minimum atomic E-state index is -0.0668. The molecule has 29 heavy (non-hydrogen) atoms. The van der Waals surface area contributed by atoms with Crippen LogP contribution in [0.2, 0.25) is 0 Å². The predicted octanol–water partition coefficient (Wildman–Crippen LogP) is 3.99. The molecule has 0 radical (unpaired) electrons. The van der Waals surface area contributed by atoms with E-state index in [-0.39, 0.29) is 12.8 Å². The maximum absolute atomic E-state index is 12.8. The van der Waals surface area contributed by atoms with Gasteiger partial charge < -0.3 is 19.7 Å². The van der Waals surface area contributed by atoms with E-state index in [2.05, 4.69) is 42.3 Å². The van der Waals surface area contributed by atoms with Gasteiger partial charge in [0.15, 0.2) is 11.5 Å². The highest BCUT2D eigenvalue weighted by Gasteiger charge is 2.17. The lowest BCUT2D eigenvalue weighted by Crippen LogP contribution is -2.39. The zero-order valence-corrected chi connectivity index (χ0v) is 17.6. The number of nitrogens with zero attached hydrogens (tertiary/aromatic N) is 2. The second kappa shape index (κ2) is 10.2. The Balaban J connectivity index is 1.60. The molecule has 0 aliphatic carbocycles. The highest BCUT2D eigenvalue weighted by Crippen LogP contribution is 2.32. The second-order valence-electron chi connectivity index (χ2n) is 7.09. The molecule has 1 heterocycles. The van der Waals surface area contributed by atoms with Crippen LogP contribution in [0, 0.1) is 0 Å². The molecule has 0 aromatic heterocycles. The molecule has 1 aliphatic heterocycles. The summed E-state index contributed by atoms with van der Waals surface area (Å²) in [6.07, 6.45) is 0. The smallest absolute Gasteiger partial charge is 0.317 e. The van der Waals surface area contributed by atoms with Crippen molar-refractivity contribution in [1.82, 2.24) is 15.1 Å². The number of hydrogen-bond donors (Lipinski definition) is 1. The maximum atomic E-state index is 12.8. The van der Waals surface area contributed by atoms with Gasteiger partial charge in [-0.3, -0.25) is 4.90 Å². The molecule has 0 spiro atoms. The van der Waals surface area contributed by atoms with E-state index < -0.39 is 0 Å². The average molecular weight is 398 g/mol. The highest BCUT2D eigenvalue weighted by molar-refractivity contribution is 5.74. The van der Waals surface area contributed by atoms with E-state index in [0.29, 0.717) is 19.6 Å². The van der Waals surface area contributed by atoms with Gasteiger partial charge >= 0.3 is 6.03 Å². The quantitative estimate of drug-likeness (QED) is 0.695. The number of carbonyl (C=O) groups excluding carboxylic acids is 1. The van der Waals surface area contributed by atoms with Gasteiger partial charge in [-0.2, -0.15) is 0 Å². The Morgan fingerprint density at radius 3 is 2.38 bits per heavy atom. The fourth-order valence-corrected chi connectivity index (χ4v) is 3.44. The minimum Gasteiger partial charge on any atom is -0.454 e. The third-order valence-corrected chi connectivity index (χ3v) is 5.32. The lowest BCUT2D eigenvalue weighted by molar-refractivity contribution is 0.173. The van der Waals surface area contributed by atoms with Crippen molar-refractivity contribution < 1.29 is 14.3 Å². The van der Waals surface area contributed by atoms with Crippen molar-refractivity contribution >= 4 is 6.03 Å². The van der Waals surface area contributed by atoms with Crippen LogP contribution in [0.3, 0.4) is 0 Å². The summed E-state index contributed by atoms with van der Waals surface area (Å²) < 4.78 is 10.8. The van der Waals surface area contributed by atoms with Crippen molar-refractivity contribution in [2.75, 3.05) is 26.4 Å². The zero-order valence-electron chi connectivity index (χ0n) is 17.6. The molecule has 2 aromatic rings. The van der Waals surface area contributed by atoms with Gasteiger partial charge in [-0.25, -0.2) is 4.79 Å². The summed E-state index contributed by atoms with van der Waals surface area (Å²) in [5.41, 5.74) is 3.44. The number of amides is 2. The van der Waals surface area contributed by atoms with Gasteiger partial charge in [0.05, 0.1) is 0 Å². The molecule has 0 unspecified atom stereocenters. The van der Waals surface area contributed by atoms with Gasteiger partial charge in [0.2, 0.25) is 6.79 Å². The largest absolute Gasteiger partial charge is 0.454 e. The number of urea groups is 1. The molecule has 1 N–H and O–H groups in total. The summed E-state index contributed by atoms with van der Waals surface area (Å²) in [5.74, 6) is 1.50. The average Bonchev–Trinajstić information content (AvgIpc) is 3.22. The second-order valence-corrected chi connectivity index (χ2v) is 7.09. The number of rotatable bonds is 9. The number of fused-ring (bicyclic) bond motifs is 1. The summed E-state index contributed by atoms with van der Waals surface area (Å²) in [4.78, 5) is 16.9. The van der Waals surface area contributed by atoms with Crippen LogP contribution < -0.4 is 14.8 Å². The first-order valence-electron chi connectivity index (χ1n) is 10.3. The minimum absolute atomic E-state index is 0.0668. The third-order valence-electron chi connectivity index (χ3n) is 5.32. The molecular formula is C23H31N3O3. The van der Waals surface area contributed by atoms with E-state index in [1.54, 1.807) is 4.90 Å². The van der Waals surface area contributed by atoms with Gasteiger partial charge in [-0.1, -0.05) is 44.2 Å². The molecule has 2 aromatic carbocycles. The van der Waals surface area contributed by atoms with Crippen molar-refractivity contribution in [3.05, 3.63) is 59.2 Å². The molecule has 3 rings (SSSR count). The number of nitrogens with one attached hydrogen (secondary N) is 1.